The smallest absolute Gasteiger partial charge is 0.407 e. The predicted molar refractivity (Wildman–Crippen MR) is 175 cm³/mol. The van der Waals surface area contributed by atoms with Gasteiger partial charge >= 0.3 is 16.3 Å². The number of hydrogen-bond donors (Lipinski definition) is 4. The molecule has 0 spiro atoms. The first kappa shape index (κ1) is 36.1. The fourth-order valence-electron chi connectivity index (χ4n) is 6.44. The molecule has 2 fully saturated rings. The Kier molecular flexibility index (Phi) is 11.2. The Hall–Kier alpha value is -3.72. The fourth-order valence-corrected chi connectivity index (χ4v) is 6.97. The number of alkyl halides is 1. The van der Waals surface area contributed by atoms with Crippen molar-refractivity contribution >= 4 is 50.6 Å². The van der Waals surface area contributed by atoms with E-state index in [0.29, 0.717) is 61.7 Å². The van der Waals surface area contributed by atoms with Crippen LogP contribution in [0.25, 0.3) is 10.9 Å². The van der Waals surface area contributed by atoms with Gasteiger partial charge in [-0.25, -0.2) is 13.9 Å². The highest BCUT2D eigenvalue weighted by Gasteiger charge is 2.44. The number of amides is 4. The summed E-state index contributed by atoms with van der Waals surface area (Å²) in [5.41, 5.74) is 0.394. The number of fused-ring (bicyclic) bond motifs is 1. The second kappa shape index (κ2) is 14.6. The van der Waals surface area contributed by atoms with Crippen molar-refractivity contribution in [1.82, 2.24) is 24.2 Å². The summed E-state index contributed by atoms with van der Waals surface area (Å²) in [6.45, 7) is 6.96. The quantitative estimate of drug-likeness (QED) is 0.295. The molecule has 1 saturated carbocycles. The molecule has 47 heavy (non-hydrogen) atoms. The molecular weight excluding hydrogens is 631 g/mol. The van der Waals surface area contributed by atoms with Gasteiger partial charge in [-0.1, -0.05) is 13.3 Å². The monoisotopic (exact) mass is 678 g/mol. The highest BCUT2D eigenvalue weighted by molar-refractivity contribution is 7.87. The summed E-state index contributed by atoms with van der Waals surface area (Å²) in [5.74, 6) is -1.64. The summed E-state index contributed by atoms with van der Waals surface area (Å²) in [6.07, 6.45) is 2.97. The third-order valence-electron chi connectivity index (χ3n) is 8.99. The average Bonchev–Trinajstić information content (AvgIpc) is 3.63. The third-order valence-corrected chi connectivity index (χ3v) is 10.4. The van der Waals surface area contributed by atoms with Crippen LogP contribution in [0.3, 0.4) is 0 Å². The third kappa shape index (κ3) is 8.80. The van der Waals surface area contributed by atoms with Gasteiger partial charge in [0.25, 0.3) is 5.91 Å². The molecule has 4 amide bonds. The number of likely N-dealkylation sites (tertiary alicyclic amines) is 1. The molecule has 0 unspecified atom stereocenters. The molecule has 3 atom stereocenters. The Morgan fingerprint density at radius 3 is 2.36 bits per heavy atom. The zero-order chi connectivity index (χ0) is 34.7. The number of rotatable bonds is 10. The van der Waals surface area contributed by atoms with Crippen molar-refractivity contribution in [3.8, 4) is 0 Å². The highest BCUT2D eigenvalue weighted by Crippen LogP contribution is 2.36. The van der Waals surface area contributed by atoms with E-state index in [1.807, 2.05) is 11.6 Å². The number of aromatic amines is 1. The van der Waals surface area contributed by atoms with Gasteiger partial charge in [0.05, 0.1) is 6.04 Å². The molecule has 15 heteroatoms. The molecular formula is C32H47FN6O7S. The van der Waals surface area contributed by atoms with E-state index in [1.165, 1.54) is 20.2 Å². The molecule has 2 aromatic rings. The number of anilines is 1. The van der Waals surface area contributed by atoms with Crippen LogP contribution < -0.4 is 15.4 Å². The first-order valence-electron chi connectivity index (χ1n) is 16.1. The molecule has 0 radical (unpaired) electrons. The Morgan fingerprint density at radius 1 is 1.09 bits per heavy atom. The van der Waals surface area contributed by atoms with Gasteiger partial charge in [-0.2, -0.15) is 12.7 Å². The zero-order valence-corrected chi connectivity index (χ0v) is 28.7. The van der Waals surface area contributed by atoms with E-state index in [4.69, 9.17) is 4.74 Å². The number of benzene rings is 1. The van der Waals surface area contributed by atoms with E-state index < -0.39 is 46.6 Å². The second-order valence-electron chi connectivity index (χ2n) is 13.6. The van der Waals surface area contributed by atoms with Gasteiger partial charge < -0.3 is 25.3 Å². The van der Waals surface area contributed by atoms with Crippen molar-refractivity contribution in [3.05, 3.63) is 30.0 Å². The Labute approximate surface area is 275 Å². The zero-order valence-electron chi connectivity index (χ0n) is 27.9. The van der Waals surface area contributed by atoms with Gasteiger partial charge in [-0.05, 0) is 89.0 Å². The van der Waals surface area contributed by atoms with Crippen LogP contribution in [0.5, 0.6) is 0 Å². The number of aromatic nitrogens is 1. The van der Waals surface area contributed by atoms with Crippen LogP contribution in [0.1, 0.15) is 76.7 Å². The number of halogens is 1. The lowest BCUT2D eigenvalue weighted by molar-refractivity contribution is -0.142. The number of nitrogens with zero attached hydrogens (tertiary/aromatic N) is 2. The van der Waals surface area contributed by atoms with E-state index in [2.05, 4.69) is 15.6 Å². The van der Waals surface area contributed by atoms with Gasteiger partial charge in [-0.3, -0.25) is 14.4 Å². The highest BCUT2D eigenvalue weighted by atomic mass is 32.2. The van der Waals surface area contributed by atoms with Crippen LogP contribution in [0, 0.1) is 17.8 Å². The normalized spacial score (nSPS) is 22.6. The lowest BCUT2D eigenvalue weighted by Crippen LogP contribution is -2.49. The maximum absolute atomic E-state index is 13.9. The molecule has 1 aliphatic carbocycles. The van der Waals surface area contributed by atoms with Gasteiger partial charge in [0.2, 0.25) is 11.8 Å². The number of ether oxygens (including phenoxy) is 1. The van der Waals surface area contributed by atoms with Crippen LogP contribution in [0.15, 0.2) is 24.3 Å². The van der Waals surface area contributed by atoms with Crippen molar-refractivity contribution in [2.24, 2.45) is 17.8 Å². The standard InChI is InChI=1S/C32H47FN6O7S/c1-7-19-14-15-39(30(42)21-10-8-20(9-11-21)26(18-33)36-31(43)46-32(2,3)4)27(19)29(41)34-23-12-13-24-22(16-23)17-25(35-24)28(40)37-47(44,45)38(5)6/h12-13,16-17,19-21,26-27,35H,7-11,14-15,18H2,1-6H3,(H,34,41)(H,36,43)(H,37,40)/t19-,20-,21-,26+,27-/m0/s1. The minimum atomic E-state index is -3.97. The summed E-state index contributed by atoms with van der Waals surface area (Å²) < 4.78 is 46.2. The molecule has 2 heterocycles. The molecule has 1 aliphatic heterocycles. The van der Waals surface area contributed by atoms with Crippen LogP contribution in [-0.2, 0) is 24.5 Å². The van der Waals surface area contributed by atoms with Crippen molar-refractivity contribution in [2.75, 3.05) is 32.6 Å². The molecule has 1 aromatic carbocycles. The molecule has 4 N–H and O–H groups in total. The number of carbonyl (C=O) groups excluding carboxylic acids is 4. The minimum Gasteiger partial charge on any atom is -0.444 e. The van der Waals surface area contributed by atoms with E-state index in [-0.39, 0.29) is 35.3 Å². The lowest BCUT2D eigenvalue weighted by Gasteiger charge is -2.36. The van der Waals surface area contributed by atoms with Gasteiger partial charge in [0.1, 0.15) is 24.0 Å². The van der Waals surface area contributed by atoms with Crippen LogP contribution in [0.4, 0.5) is 14.9 Å². The van der Waals surface area contributed by atoms with Crippen molar-refractivity contribution in [3.63, 3.8) is 0 Å². The Balaban J connectivity index is 1.40. The number of alkyl carbamates (subject to hydrolysis) is 1. The SMILES string of the molecule is CC[C@H]1CCN(C(=O)[C@H]2CC[C@H]([C@@H](CF)NC(=O)OC(C)(C)C)CC2)[C@@H]1C(=O)Nc1ccc2[nH]c(C(=O)NS(=O)(=O)N(C)C)cc2c1. The first-order chi connectivity index (χ1) is 22.0. The maximum Gasteiger partial charge on any atom is 0.407 e. The van der Waals surface area contributed by atoms with Crippen LogP contribution >= 0.6 is 0 Å². The van der Waals surface area contributed by atoms with Crippen LogP contribution in [0.2, 0.25) is 0 Å². The van der Waals surface area contributed by atoms with E-state index in [1.54, 1.807) is 43.9 Å². The number of hydrogen-bond acceptors (Lipinski definition) is 7. The summed E-state index contributed by atoms with van der Waals surface area (Å²) in [5, 5.41) is 6.18. The summed E-state index contributed by atoms with van der Waals surface area (Å²) >= 11 is 0. The average molecular weight is 679 g/mol. The van der Waals surface area contributed by atoms with E-state index >= 15 is 0 Å². The topological polar surface area (TPSA) is 170 Å². The van der Waals surface area contributed by atoms with Crippen LogP contribution in [-0.4, -0.2) is 91.4 Å². The molecule has 260 valence electrons. The first-order valence-corrected chi connectivity index (χ1v) is 17.5. The number of carbonyl (C=O) groups is 4. The number of nitrogens with one attached hydrogen (secondary N) is 4. The van der Waals surface area contributed by atoms with Crippen molar-refractivity contribution in [2.45, 2.75) is 83.9 Å². The van der Waals surface area contributed by atoms with Gasteiger partial charge in [0, 0.05) is 43.1 Å². The lowest BCUT2D eigenvalue weighted by atomic mass is 9.78. The van der Waals surface area contributed by atoms with E-state index in [0.717, 1.165) is 4.31 Å². The maximum atomic E-state index is 13.9. The van der Waals surface area contributed by atoms with Gasteiger partial charge in [-0.15, -0.1) is 0 Å². The summed E-state index contributed by atoms with van der Waals surface area (Å²) in [7, 11) is -1.36. The second-order valence-corrected chi connectivity index (χ2v) is 15.5. The fraction of sp³-hybridized carbons (Fsp3) is 0.625. The van der Waals surface area contributed by atoms with Gasteiger partial charge in [0.15, 0.2) is 0 Å². The summed E-state index contributed by atoms with van der Waals surface area (Å²) in [6, 6.07) is 5.18. The number of H-pyrrole nitrogens is 1. The summed E-state index contributed by atoms with van der Waals surface area (Å²) in [4.78, 5) is 56.8. The molecule has 0 bridgehead atoms. The molecule has 1 saturated heterocycles. The Bertz CT molecular complexity index is 1580. The molecule has 13 nitrogen and oxygen atoms in total. The van der Waals surface area contributed by atoms with Crippen molar-refractivity contribution < 1.29 is 36.7 Å². The Morgan fingerprint density at radius 2 is 1.77 bits per heavy atom. The molecule has 2 aliphatic rings. The molecule has 4 rings (SSSR count). The minimum absolute atomic E-state index is 0.0193. The van der Waals surface area contributed by atoms with E-state index in [9.17, 15) is 32.0 Å². The van der Waals surface area contributed by atoms with Crippen molar-refractivity contribution in [1.29, 1.82) is 0 Å². The largest absolute Gasteiger partial charge is 0.444 e. The predicted octanol–water partition coefficient (Wildman–Crippen LogP) is 3.94. The molecule has 1 aromatic heterocycles.